The van der Waals surface area contributed by atoms with Crippen molar-refractivity contribution in [3.8, 4) is 0 Å². The Bertz CT molecular complexity index is 1360. The molecule has 0 aliphatic rings. The topological polar surface area (TPSA) is 68.2 Å². The first-order valence-corrected chi connectivity index (χ1v) is 11.5. The number of fused-ring (bicyclic) bond motifs is 1. The monoisotopic (exact) mass is 464 g/mol. The highest BCUT2D eigenvalue weighted by molar-refractivity contribution is 7.92. The number of anilines is 1. The molecule has 0 saturated heterocycles. The summed E-state index contributed by atoms with van der Waals surface area (Å²) in [6.45, 7) is 0.375. The average Bonchev–Trinajstić information content (AvgIpc) is 3.00. The minimum Gasteiger partial charge on any atom is -0.294 e. The van der Waals surface area contributed by atoms with E-state index in [0.29, 0.717) is 32.5 Å². The molecule has 4 rings (SSSR count). The van der Waals surface area contributed by atoms with Crippen LogP contribution in [0, 0.1) is 0 Å². The molecule has 0 radical (unpaired) electrons. The third-order valence-corrected chi connectivity index (χ3v) is 7.21. The maximum absolute atomic E-state index is 12.7. The minimum atomic E-state index is -3.85. The molecule has 1 aromatic heterocycles. The summed E-state index contributed by atoms with van der Waals surface area (Å²) in [5.41, 5.74) is 1.89. The second-order valence-electron chi connectivity index (χ2n) is 6.30. The fourth-order valence-corrected chi connectivity index (χ4v) is 5.36. The van der Waals surface area contributed by atoms with Gasteiger partial charge < -0.3 is 0 Å². The van der Waals surface area contributed by atoms with Crippen LogP contribution in [0.25, 0.3) is 10.2 Å². The van der Waals surface area contributed by atoms with Gasteiger partial charge in [-0.2, -0.15) is 0 Å². The van der Waals surface area contributed by atoms with E-state index >= 15 is 0 Å². The molecule has 0 spiro atoms. The standard InChI is InChI=1S/C20H14Cl2N2O3S2/c21-14-7-5-13(6-8-14)12-24-18-10-9-15(11-19(18)28-20(24)25)29(26,27)23-17-4-2-1-3-16(17)22/h1-11,23H,12H2. The van der Waals surface area contributed by atoms with Gasteiger partial charge in [0.15, 0.2) is 0 Å². The van der Waals surface area contributed by atoms with E-state index < -0.39 is 10.0 Å². The number of sulfonamides is 1. The molecule has 4 aromatic rings. The largest absolute Gasteiger partial charge is 0.308 e. The number of hydrogen-bond acceptors (Lipinski definition) is 4. The van der Waals surface area contributed by atoms with Crippen molar-refractivity contribution in [3.63, 3.8) is 0 Å². The summed E-state index contributed by atoms with van der Waals surface area (Å²) in [5.74, 6) is 0. The van der Waals surface area contributed by atoms with Gasteiger partial charge >= 0.3 is 4.87 Å². The Morgan fingerprint density at radius 3 is 2.41 bits per heavy atom. The average molecular weight is 465 g/mol. The van der Waals surface area contributed by atoms with Crippen molar-refractivity contribution in [2.75, 3.05) is 4.72 Å². The van der Waals surface area contributed by atoms with E-state index in [1.54, 1.807) is 47.0 Å². The van der Waals surface area contributed by atoms with E-state index in [1.807, 2.05) is 12.1 Å². The van der Waals surface area contributed by atoms with Gasteiger partial charge in [-0.05, 0) is 48.0 Å². The van der Waals surface area contributed by atoms with Gasteiger partial charge in [-0.15, -0.1) is 0 Å². The first-order valence-electron chi connectivity index (χ1n) is 8.49. The van der Waals surface area contributed by atoms with Crippen molar-refractivity contribution in [2.45, 2.75) is 11.4 Å². The Labute approximate surface area is 181 Å². The lowest BCUT2D eigenvalue weighted by Gasteiger charge is -2.10. The molecule has 0 unspecified atom stereocenters. The van der Waals surface area contributed by atoms with E-state index in [2.05, 4.69) is 4.72 Å². The molecule has 0 fully saturated rings. The highest BCUT2D eigenvalue weighted by atomic mass is 35.5. The van der Waals surface area contributed by atoms with Gasteiger partial charge in [0.2, 0.25) is 0 Å². The van der Waals surface area contributed by atoms with Crippen LogP contribution in [0.15, 0.2) is 76.4 Å². The lowest BCUT2D eigenvalue weighted by molar-refractivity contribution is 0.601. The maximum Gasteiger partial charge on any atom is 0.308 e. The van der Waals surface area contributed by atoms with Crippen molar-refractivity contribution in [1.29, 1.82) is 0 Å². The maximum atomic E-state index is 12.7. The van der Waals surface area contributed by atoms with Crippen LogP contribution in [0.4, 0.5) is 5.69 Å². The zero-order valence-electron chi connectivity index (χ0n) is 14.8. The van der Waals surface area contributed by atoms with Crippen molar-refractivity contribution >= 4 is 60.5 Å². The number of thiazole rings is 1. The van der Waals surface area contributed by atoms with Gasteiger partial charge in [0.1, 0.15) is 0 Å². The lowest BCUT2D eigenvalue weighted by atomic mass is 10.2. The van der Waals surface area contributed by atoms with Gasteiger partial charge in [-0.3, -0.25) is 14.1 Å². The van der Waals surface area contributed by atoms with Crippen molar-refractivity contribution in [3.05, 3.63) is 92.0 Å². The Morgan fingerprint density at radius 1 is 0.966 bits per heavy atom. The predicted octanol–water partition coefficient (Wildman–Crippen LogP) is 5.22. The number of rotatable bonds is 5. The van der Waals surface area contributed by atoms with Gasteiger partial charge in [-0.25, -0.2) is 8.42 Å². The number of nitrogens with one attached hydrogen (secondary N) is 1. The van der Waals surface area contributed by atoms with Crippen molar-refractivity contribution in [1.82, 2.24) is 4.57 Å². The van der Waals surface area contributed by atoms with Crippen LogP contribution in [-0.4, -0.2) is 13.0 Å². The highest BCUT2D eigenvalue weighted by Gasteiger charge is 2.18. The molecule has 29 heavy (non-hydrogen) atoms. The Morgan fingerprint density at radius 2 is 1.69 bits per heavy atom. The van der Waals surface area contributed by atoms with Gasteiger partial charge in [-0.1, -0.05) is 58.8 Å². The predicted molar refractivity (Wildman–Crippen MR) is 119 cm³/mol. The Hall–Kier alpha value is -2.32. The van der Waals surface area contributed by atoms with Crippen LogP contribution in [0.1, 0.15) is 5.56 Å². The zero-order chi connectivity index (χ0) is 20.6. The molecular formula is C20H14Cl2N2O3S2. The smallest absolute Gasteiger partial charge is 0.294 e. The molecule has 1 N–H and O–H groups in total. The van der Waals surface area contributed by atoms with E-state index in [4.69, 9.17) is 23.2 Å². The van der Waals surface area contributed by atoms with E-state index in [1.165, 1.54) is 12.1 Å². The molecule has 0 atom stereocenters. The van der Waals surface area contributed by atoms with Crippen LogP contribution in [-0.2, 0) is 16.6 Å². The number of halogens is 2. The van der Waals surface area contributed by atoms with Gasteiger partial charge in [0.05, 0.1) is 32.4 Å². The lowest BCUT2D eigenvalue weighted by Crippen LogP contribution is -2.14. The molecule has 5 nitrogen and oxygen atoms in total. The number of nitrogens with zero attached hydrogens (tertiary/aromatic N) is 1. The molecule has 9 heteroatoms. The van der Waals surface area contributed by atoms with Gasteiger partial charge in [0.25, 0.3) is 10.0 Å². The quantitative estimate of drug-likeness (QED) is 0.440. The molecule has 148 valence electrons. The summed E-state index contributed by atoms with van der Waals surface area (Å²) in [6, 6.07) is 18.4. The first kappa shape index (κ1) is 20.0. The molecule has 0 aliphatic heterocycles. The van der Waals surface area contributed by atoms with E-state index in [-0.39, 0.29) is 9.77 Å². The molecule has 1 heterocycles. The molecule has 0 aliphatic carbocycles. The normalized spacial score (nSPS) is 11.7. The summed E-state index contributed by atoms with van der Waals surface area (Å²) in [4.78, 5) is 12.4. The molecule has 0 saturated carbocycles. The van der Waals surface area contributed by atoms with Crippen LogP contribution in [0.2, 0.25) is 10.0 Å². The van der Waals surface area contributed by atoms with Crippen LogP contribution < -0.4 is 9.60 Å². The third-order valence-electron chi connectivity index (χ3n) is 4.32. The molecule has 0 amide bonds. The second kappa shape index (κ2) is 7.84. The summed E-state index contributed by atoms with van der Waals surface area (Å²) < 4.78 is 30.2. The fourth-order valence-electron chi connectivity index (χ4n) is 2.88. The van der Waals surface area contributed by atoms with Crippen LogP contribution in [0.5, 0.6) is 0 Å². The minimum absolute atomic E-state index is 0.0600. The summed E-state index contributed by atoms with van der Waals surface area (Å²) in [7, 11) is -3.85. The summed E-state index contributed by atoms with van der Waals surface area (Å²) in [5, 5.41) is 0.924. The van der Waals surface area contributed by atoms with Gasteiger partial charge in [0, 0.05) is 5.02 Å². The summed E-state index contributed by atoms with van der Waals surface area (Å²) >= 11 is 13.0. The SMILES string of the molecule is O=c1sc2cc(S(=O)(=O)Nc3ccccc3Cl)ccc2n1Cc1ccc(Cl)cc1. The van der Waals surface area contributed by atoms with Crippen LogP contribution >= 0.6 is 34.5 Å². The number of hydrogen-bond donors (Lipinski definition) is 1. The molecule has 0 bridgehead atoms. The van der Waals surface area contributed by atoms with E-state index in [0.717, 1.165) is 16.9 Å². The van der Waals surface area contributed by atoms with Crippen molar-refractivity contribution < 1.29 is 8.42 Å². The number of aromatic nitrogens is 1. The fraction of sp³-hybridized carbons (Fsp3) is 0.0500. The Kier molecular flexibility index (Phi) is 5.40. The molecular weight excluding hydrogens is 451 g/mol. The first-order chi connectivity index (χ1) is 13.8. The van der Waals surface area contributed by atoms with Crippen LogP contribution in [0.3, 0.4) is 0 Å². The Balaban J connectivity index is 1.69. The molecule has 3 aromatic carbocycles. The summed E-state index contributed by atoms with van der Waals surface area (Å²) in [6.07, 6.45) is 0. The van der Waals surface area contributed by atoms with E-state index in [9.17, 15) is 13.2 Å². The second-order valence-corrected chi connectivity index (χ2v) is 9.81. The highest BCUT2D eigenvalue weighted by Crippen LogP contribution is 2.27. The number of para-hydroxylation sites is 1. The van der Waals surface area contributed by atoms with Crippen molar-refractivity contribution in [2.24, 2.45) is 0 Å². The zero-order valence-corrected chi connectivity index (χ0v) is 17.9. The number of benzene rings is 3. The third kappa shape index (κ3) is 4.18.